The molecule has 0 spiro atoms. The summed E-state index contributed by atoms with van der Waals surface area (Å²) in [6.45, 7) is 2.15. The van der Waals surface area contributed by atoms with Crippen LogP contribution < -0.4 is 4.90 Å². The highest BCUT2D eigenvalue weighted by molar-refractivity contribution is 5.94. The minimum absolute atomic E-state index is 0.203. The molecule has 2 atom stereocenters. The zero-order valence-corrected chi connectivity index (χ0v) is 20.9. The maximum absolute atomic E-state index is 13.5. The van der Waals surface area contributed by atoms with Crippen LogP contribution in [0.2, 0.25) is 0 Å². The molecule has 1 heterocycles. The molecule has 1 aliphatic heterocycles. The Morgan fingerprint density at radius 1 is 1.22 bits per heavy atom. The Morgan fingerprint density at radius 2 is 1.97 bits per heavy atom. The van der Waals surface area contributed by atoms with Gasteiger partial charge in [0.15, 0.2) is 0 Å². The first-order valence-corrected chi connectivity index (χ1v) is 12.3. The van der Waals surface area contributed by atoms with Crippen molar-refractivity contribution in [3.8, 4) is 0 Å². The Morgan fingerprint density at radius 3 is 2.72 bits per heavy atom. The normalized spacial score (nSPS) is 24.5. The summed E-state index contributed by atoms with van der Waals surface area (Å²) in [6, 6.07) is 14.0. The predicted molar refractivity (Wildman–Crippen MR) is 137 cm³/mol. The number of rotatable bonds is 6. The van der Waals surface area contributed by atoms with Gasteiger partial charge in [-0.3, -0.25) is 9.63 Å². The minimum atomic E-state index is -0.906. The number of nitrogens with zero attached hydrogens (tertiary/aromatic N) is 2. The number of aliphatic hydroxyl groups is 1. The van der Waals surface area contributed by atoms with Gasteiger partial charge in [-0.2, -0.15) is 0 Å². The number of amides is 1. The Hall–Kier alpha value is -3.44. The first-order chi connectivity index (χ1) is 17.3. The zero-order chi connectivity index (χ0) is 25.5. The number of hydrogen-bond donors (Lipinski definition) is 1. The number of carbonyl (C=O) groups is 1. The van der Waals surface area contributed by atoms with Crippen molar-refractivity contribution in [2.24, 2.45) is 5.41 Å². The molecule has 1 N–H and O–H groups in total. The van der Waals surface area contributed by atoms with Crippen LogP contribution in [0, 0.1) is 11.2 Å². The van der Waals surface area contributed by atoms with Crippen LogP contribution in [-0.2, 0) is 11.3 Å². The molecule has 0 radical (unpaired) electrons. The molecule has 0 aromatic heterocycles. The van der Waals surface area contributed by atoms with Gasteiger partial charge in [-0.15, -0.1) is 5.73 Å². The van der Waals surface area contributed by atoms with Crippen LogP contribution in [0.15, 0.2) is 89.5 Å². The van der Waals surface area contributed by atoms with Crippen LogP contribution in [-0.4, -0.2) is 35.8 Å². The van der Waals surface area contributed by atoms with Crippen molar-refractivity contribution in [3.05, 3.63) is 106 Å². The molecule has 3 aliphatic rings. The fraction of sp³-hybridized carbons (Fsp3) is 0.333. The summed E-state index contributed by atoms with van der Waals surface area (Å²) >= 11 is 0. The van der Waals surface area contributed by atoms with E-state index in [0.717, 1.165) is 28.9 Å². The monoisotopic (exact) mass is 486 g/mol. The number of benzene rings is 2. The highest BCUT2D eigenvalue weighted by atomic mass is 19.1. The second kappa shape index (κ2) is 9.21. The fourth-order valence-corrected chi connectivity index (χ4v) is 5.82. The van der Waals surface area contributed by atoms with Gasteiger partial charge >= 0.3 is 0 Å². The van der Waals surface area contributed by atoms with Gasteiger partial charge in [0.2, 0.25) is 0 Å². The number of fused-ring (bicyclic) bond motifs is 1. The first kappa shape index (κ1) is 24.3. The average molecular weight is 487 g/mol. The number of anilines is 1. The third kappa shape index (κ3) is 4.01. The third-order valence-electron chi connectivity index (χ3n) is 8.17. The number of halogens is 1. The molecule has 5 rings (SSSR count). The Labute approximate surface area is 211 Å². The van der Waals surface area contributed by atoms with Gasteiger partial charge in [0.1, 0.15) is 5.82 Å². The lowest BCUT2D eigenvalue weighted by Crippen LogP contribution is -2.45. The SMILES string of the molecule is CON(C)C(=O)c1ccccc1CC[C@]1(O)CCC2=CC3=C(C=C=CN3c3ccc(F)cc3)CC21C. The maximum Gasteiger partial charge on any atom is 0.277 e. The molecule has 0 saturated heterocycles. The van der Waals surface area contributed by atoms with Crippen LogP contribution in [0.5, 0.6) is 0 Å². The van der Waals surface area contributed by atoms with Crippen LogP contribution in [0.4, 0.5) is 10.1 Å². The summed E-state index contributed by atoms with van der Waals surface area (Å²) in [5, 5.41) is 13.2. The van der Waals surface area contributed by atoms with E-state index in [1.54, 1.807) is 25.2 Å². The molecule has 36 heavy (non-hydrogen) atoms. The molecule has 0 bridgehead atoms. The zero-order valence-electron chi connectivity index (χ0n) is 20.9. The number of carbonyl (C=O) groups excluding carboxylic acids is 1. The van der Waals surface area contributed by atoms with Crippen molar-refractivity contribution in [2.75, 3.05) is 19.1 Å². The summed E-state index contributed by atoms with van der Waals surface area (Å²) in [6.07, 6.45) is 9.35. The van der Waals surface area contributed by atoms with Gasteiger partial charge in [0.25, 0.3) is 5.91 Å². The standard InChI is InChI=1S/C30H31FN2O3/c1-29-20-22-8-6-18-33(25-12-10-24(31)11-13-25)27(22)19-23(29)15-17-30(29,35)16-14-21-7-4-5-9-26(21)28(34)32(2)36-3/h4-5,7-13,18-19,35H,14-17,20H2,1-3H3/t29?,30-/m0/s1. The maximum atomic E-state index is 13.5. The van der Waals surface area contributed by atoms with Gasteiger partial charge < -0.3 is 10.0 Å². The lowest BCUT2D eigenvalue weighted by Gasteiger charge is -2.44. The van der Waals surface area contributed by atoms with E-state index < -0.39 is 11.0 Å². The van der Waals surface area contributed by atoms with E-state index in [2.05, 4.69) is 18.7 Å². The van der Waals surface area contributed by atoms with E-state index in [-0.39, 0.29) is 11.7 Å². The average Bonchev–Trinajstić information content (AvgIpc) is 3.15. The second-order valence-corrected chi connectivity index (χ2v) is 10.0. The largest absolute Gasteiger partial charge is 0.389 e. The molecule has 6 heteroatoms. The highest BCUT2D eigenvalue weighted by Crippen LogP contribution is 2.58. The highest BCUT2D eigenvalue weighted by Gasteiger charge is 2.54. The van der Waals surface area contributed by atoms with Crippen molar-refractivity contribution < 1.29 is 19.1 Å². The van der Waals surface area contributed by atoms with E-state index in [1.807, 2.05) is 35.4 Å². The summed E-state index contributed by atoms with van der Waals surface area (Å²) < 4.78 is 13.5. The van der Waals surface area contributed by atoms with E-state index >= 15 is 0 Å². The smallest absolute Gasteiger partial charge is 0.277 e. The molecule has 1 amide bonds. The van der Waals surface area contributed by atoms with Crippen LogP contribution in [0.25, 0.3) is 0 Å². The van der Waals surface area contributed by atoms with Gasteiger partial charge in [-0.1, -0.05) is 30.7 Å². The van der Waals surface area contributed by atoms with Crippen molar-refractivity contribution in [3.63, 3.8) is 0 Å². The quantitative estimate of drug-likeness (QED) is 0.421. The Kier molecular flexibility index (Phi) is 6.21. The molecule has 2 aromatic carbocycles. The van der Waals surface area contributed by atoms with Crippen molar-refractivity contribution in [1.82, 2.24) is 5.06 Å². The molecule has 1 fully saturated rings. The van der Waals surface area contributed by atoms with Crippen LogP contribution in [0.3, 0.4) is 0 Å². The molecule has 2 aliphatic carbocycles. The third-order valence-corrected chi connectivity index (χ3v) is 8.17. The van der Waals surface area contributed by atoms with Gasteiger partial charge in [-0.05, 0) is 85.7 Å². The van der Waals surface area contributed by atoms with Crippen molar-refractivity contribution in [2.45, 2.75) is 44.6 Å². The van der Waals surface area contributed by atoms with Gasteiger partial charge in [0.05, 0.1) is 18.9 Å². The number of aryl methyl sites for hydroxylation is 1. The molecule has 1 unspecified atom stereocenters. The summed E-state index contributed by atoms with van der Waals surface area (Å²) in [5.41, 5.74) is 7.65. The molecule has 2 aromatic rings. The molecule has 1 saturated carbocycles. The van der Waals surface area contributed by atoms with Crippen molar-refractivity contribution in [1.29, 1.82) is 0 Å². The molecular weight excluding hydrogens is 455 g/mol. The molecule has 186 valence electrons. The summed E-state index contributed by atoms with van der Waals surface area (Å²) in [7, 11) is 3.06. The minimum Gasteiger partial charge on any atom is -0.389 e. The van der Waals surface area contributed by atoms with E-state index in [4.69, 9.17) is 4.84 Å². The lowest BCUT2D eigenvalue weighted by molar-refractivity contribution is -0.0758. The summed E-state index contributed by atoms with van der Waals surface area (Å²) in [5.74, 6) is -0.470. The molecule has 5 nitrogen and oxygen atoms in total. The second-order valence-electron chi connectivity index (χ2n) is 10.0. The topological polar surface area (TPSA) is 53.0 Å². The van der Waals surface area contributed by atoms with Crippen LogP contribution >= 0.6 is 0 Å². The van der Waals surface area contributed by atoms with Crippen LogP contribution in [0.1, 0.15) is 48.5 Å². The van der Waals surface area contributed by atoms with E-state index in [9.17, 15) is 14.3 Å². The number of hydroxylamine groups is 2. The summed E-state index contributed by atoms with van der Waals surface area (Å²) in [4.78, 5) is 19.9. The molecular formula is C30H31FN2O3. The van der Waals surface area contributed by atoms with E-state index in [0.29, 0.717) is 31.2 Å². The number of hydrogen-bond acceptors (Lipinski definition) is 4. The van der Waals surface area contributed by atoms with Gasteiger partial charge in [0, 0.05) is 29.4 Å². The van der Waals surface area contributed by atoms with Gasteiger partial charge in [-0.25, -0.2) is 9.45 Å². The first-order valence-electron chi connectivity index (χ1n) is 12.3. The predicted octanol–water partition coefficient (Wildman–Crippen LogP) is 5.70. The number of allylic oxidation sites excluding steroid dienone is 3. The fourth-order valence-electron chi connectivity index (χ4n) is 5.82. The Balaban J connectivity index is 1.40. The van der Waals surface area contributed by atoms with Crippen molar-refractivity contribution >= 4 is 11.6 Å². The lowest BCUT2D eigenvalue weighted by atomic mass is 9.65. The Bertz CT molecular complexity index is 1320. The van der Waals surface area contributed by atoms with E-state index in [1.165, 1.54) is 29.9 Å².